The zero-order chi connectivity index (χ0) is 18.6. The van der Waals surface area contributed by atoms with Gasteiger partial charge in [0.05, 0.1) is 16.7 Å². The zero-order valence-electron chi connectivity index (χ0n) is 15.8. The van der Waals surface area contributed by atoms with Crippen LogP contribution in [0.5, 0.6) is 0 Å². The highest BCUT2D eigenvalue weighted by molar-refractivity contribution is 7.09. The average molecular weight is 384 g/mol. The predicted octanol–water partition coefficient (Wildman–Crippen LogP) is 3.63. The lowest BCUT2D eigenvalue weighted by Crippen LogP contribution is -2.46. The van der Waals surface area contributed by atoms with E-state index in [1.165, 1.54) is 10.7 Å². The first-order chi connectivity index (χ1) is 13.2. The van der Waals surface area contributed by atoms with Crippen molar-refractivity contribution in [3.05, 3.63) is 52.2 Å². The number of benzene rings is 1. The summed E-state index contributed by atoms with van der Waals surface area (Å²) in [7, 11) is 0. The number of nitrogens with zero attached hydrogens (tertiary/aromatic N) is 5. The molecule has 0 amide bonds. The Bertz CT molecular complexity index is 854. The van der Waals surface area contributed by atoms with Gasteiger partial charge < -0.3 is 4.52 Å². The van der Waals surface area contributed by atoms with Gasteiger partial charge in [-0.25, -0.2) is 4.98 Å². The third-order valence-electron chi connectivity index (χ3n) is 5.08. The van der Waals surface area contributed by atoms with E-state index in [1.807, 2.05) is 30.3 Å². The Morgan fingerprint density at radius 1 is 1.11 bits per heavy atom. The van der Waals surface area contributed by atoms with Crippen LogP contribution in [0.15, 0.2) is 40.2 Å². The van der Waals surface area contributed by atoms with Crippen molar-refractivity contribution >= 4 is 11.3 Å². The smallest absolute Gasteiger partial charge is 0.257 e. The van der Waals surface area contributed by atoms with Gasteiger partial charge in [-0.05, 0) is 25.5 Å². The van der Waals surface area contributed by atoms with Gasteiger partial charge in [-0.2, -0.15) is 4.98 Å². The van der Waals surface area contributed by atoms with Gasteiger partial charge in [-0.3, -0.25) is 9.80 Å². The molecule has 3 aromatic rings. The fourth-order valence-electron chi connectivity index (χ4n) is 3.39. The van der Waals surface area contributed by atoms with E-state index in [0.717, 1.165) is 50.5 Å². The molecule has 1 atom stereocenters. The highest BCUT2D eigenvalue weighted by Gasteiger charge is 2.25. The van der Waals surface area contributed by atoms with Gasteiger partial charge >= 0.3 is 0 Å². The monoisotopic (exact) mass is 383 g/mol. The molecular formula is C20H25N5OS. The van der Waals surface area contributed by atoms with E-state index in [0.29, 0.717) is 5.89 Å². The highest BCUT2D eigenvalue weighted by Crippen LogP contribution is 2.23. The Labute approximate surface area is 163 Å². The maximum atomic E-state index is 5.47. The van der Waals surface area contributed by atoms with Crippen LogP contribution in [0.25, 0.3) is 11.5 Å². The van der Waals surface area contributed by atoms with Crippen molar-refractivity contribution in [3.8, 4) is 11.5 Å². The molecule has 0 bridgehead atoms. The molecule has 1 fully saturated rings. The van der Waals surface area contributed by atoms with Crippen LogP contribution in [0.3, 0.4) is 0 Å². The molecule has 7 heteroatoms. The summed E-state index contributed by atoms with van der Waals surface area (Å²) in [6.07, 6.45) is 1.02. The van der Waals surface area contributed by atoms with E-state index in [-0.39, 0.29) is 6.04 Å². The summed E-state index contributed by atoms with van der Waals surface area (Å²) in [6, 6.07) is 10.1. The van der Waals surface area contributed by atoms with Gasteiger partial charge in [0.25, 0.3) is 5.89 Å². The zero-order valence-corrected chi connectivity index (χ0v) is 16.7. The Morgan fingerprint density at radius 2 is 1.89 bits per heavy atom. The van der Waals surface area contributed by atoms with Crippen molar-refractivity contribution in [2.45, 2.75) is 32.9 Å². The first kappa shape index (κ1) is 18.3. The van der Waals surface area contributed by atoms with E-state index in [2.05, 4.69) is 44.2 Å². The lowest BCUT2D eigenvalue weighted by Gasteiger charge is -2.36. The molecule has 0 N–H and O–H groups in total. The van der Waals surface area contributed by atoms with Gasteiger partial charge in [-0.1, -0.05) is 30.3 Å². The minimum Gasteiger partial charge on any atom is -0.334 e. The first-order valence-electron chi connectivity index (χ1n) is 9.51. The summed E-state index contributed by atoms with van der Waals surface area (Å²) in [4.78, 5) is 14.2. The van der Waals surface area contributed by atoms with Crippen LogP contribution in [-0.2, 0) is 13.0 Å². The fourth-order valence-corrected chi connectivity index (χ4v) is 4.12. The summed E-state index contributed by atoms with van der Waals surface area (Å²) in [5.41, 5.74) is 2.16. The maximum Gasteiger partial charge on any atom is 0.257 e. The number of hydrogen-bond donors (Lipinski definition) is 0. The van der Waals surface area contributed by atoms with E-state index < -0.39 is 0 Å². The van der Waals surface area contributed by atoms with Crippen molar-refractivity contribution in [2.24, 2.45) is 0 Å². The number of aromatic nitrogens is 3. The molecule has 142 valence electrons. The number of rotatable bonds is 6. The van der Waals surface area contributed by atoms with Crippen LogP contribution >= 0.6 is 11.3 Å². The third-order valence-corrected chi connectivity index (χ3v) is 6.12. The summed E-state index contributed by atoms with van der Waals surface area (Å²) >= 11 is 1.77. The standard InChI is InChI=1S/C20H25N5OS/c1-3-18-21-17(14-27-18)13-24-9-11-25(12-10-24)15(2)19-22-20(26-23-19)16-7-5-4-6-8-16/h4-8,14-15H,3,9-13H2,1-2H3. The van der Waals surface area contributed by atoms with E-state index in [1.54, 1.807) is 11.3 Å². The van der Waals surface area contributed by atoms with Crippen LogP contribution in [-0.4, -0.2) is 51.1 Å². The fraction of sp³-hybridized carbons (Fsp3) is 0.450. The van der Waals surface area contributed by atoms with Crippen LogP contribution in [0.2, 0.25) is 0 Å². The molecule has 1 saturated heterocycles. The summed E-state index contributed by atoms with van der Waals surface area (Å²) in [5.74, 6) is 1.35. The van der Waals surface area contributed by atoms with Crippen LogP contribution in [0.4, 0.5) is 0 Å². The average Bonchev–Trinajstić information content (AvgIpc) is 3.38. The normalized spacial score (nSPS) is 17.3. The molecular weight excluding hydrogens is 358 g/mol. The molecule has 0 saturated carbocycles. The highest BCUT2D eigenvalue weighted by atomic mass is 32.1. The van der Waals surface area contributed by atoms with Crippen LogP contribution < -0.4 is 0 Å². The Kier molecular flexibility index (Phi) is 5.61. The lowest BCUT2D eigenvalue weighted by molar-refractivity contribution is 0.0931. The van der Waals surface area contributed by atoms with Gasteiger partial charge in [0.2, 0.25) is 0 Å². The molecule has 4 rings (SSSR count). The molecule has 0 radical (unpaired) electrons. The van der Waals surface area contributed by atoms with Crippen molar-refractivity contribution in [3.63, 3.8) is 0 Å². The van der Waals surface area contributed by atoms with Crippen molar-refractivity contribution < 1.29 is 4.52 Å². The van der Waals surface area contributed by atoms with Crippen molar-refractivity contribution in [1.29, 1.82) is 0 Å². The quantitative estimate of drug-likeness (QED) is 0.648. The topological polar surface area (TPSA) is 58.3 Å². The van der Waals surface area contributed by atoms with Gasteiger partial charge in [0.15, 0.2) is 5.82 Å². The van der Waals surface area contributed by atoms with E-state index >= 15 is 0 Å². The number of hydrogen-bond acceptors (Lipinski definition) is 7. The molecule has 1 aliphatic rings. The second-order valence-electron chi connectivity index (χ2n) is 6.90. The molecule has 6 nitrogen and oxygen atoms in total. The molecule has 0 spiro atoms. The number of piperazine rings is 1. The number of aryl methyl sites for hydroxylation is 1. The maximum absolute atomic E-state index is 5.47. The molecule has 2 aromatic heterocycles. The second kappa shape index (κ2) is 8.29. The SMILES string of the molecule is CCc1nc(CN2CCN(C(C)c3noc(-c4ccccc4)n3)CC2)cs1. The molecule has 1 unspecified atom stereocenters. The Hall–Kier alpha value is -2.09. The van der Waals surface area contributed by atoms with Crippen molar-refractivity contribution in [2.75, 3.05) is 26.2 Å². The molecule has 1 aromatic carbocycles. The van der Waals surface area contributed by atoms with Crippen LogP contribution in [0.1, 0.15) is 36.4 Å². The Morgan fingerprint density at radius 3 is 2.59 bits per heavy atom. The molecule has 3 heterocycles. The Balaban J connectivity index is 1.33. The molecule has 1 aliphatic heterocycles. The number of thiazole rings is 1. The minimum atomic E-state index is 0.152. The van der Waals surface area contributed by atoms with E-state index in [9.17, 15) is 0 Å². The summed E-state index contributed by atoms with van der Waals surface area (Å²) < 4.78 is 5.47. The molecule has 0 aliphatic carbocycles. The first-order valence-corrected chi connectivity index (χ1v) is 10.4. The summed E-state index contributed by atoms with van der Waals surface area (Å²) in [5, 5.41) is 7.63. The molecule has 27 heavy (non-hydrogen) atoms. The summed E-state index contributed by atoms with van der Waals surface area (Å²) in [6.45, 7) is 9.33. The predicted molar refractivity (Wildman–Crippen MR) is 106 cm³/mol. The lowest BCUT2D eigenvalue weighted by atomic mass is 10.2. The largest absolute Gasteiger partial charge is 0.334 e. The van der Waals surface area contributed by atoms with E-state index in [4.69, 9.17) is 4.52 Å². The van der Waals surface area contributed by atoms with Gasteiger partial charge in [0.1, 0.15) is 0 Å². The van der Waals surface area contributed by atoms with Gasteiger partial charge in [0, 0.05) is 43.7 Å². The van der Waals surface area contributed by atoms with Crippen LogP contribution in [0, 0.1) is 0 Å². The van der Waals surface area contributed by atoms with Crippen molar-refractivity contribution in [1.82, 2.24) is 24.9 Å². The van der Waals surface area contributed by atoms with Gasteiger partial charge in [-0.15, -0.1) is 11.3 Å². The second-order valence-corrected chi connectivity index (χ2v) is 7.84. The third kappa shape index (κ3) is 4.26. The minimum absolute atomic E-state index is 0.152.